The number of azide groups is 1. The van der Waals surface area contributed by atoms with Gasteiger partial charge in [-0.2, -0.15) is 0 Å². The van der Waals surface area contributed by atoms with Gasteiger partial charge in [-0.1, -0.05) is 24.2 Å². The number of rotatable bonds is 5. The minimum absolute atomic E-state index is 0.534. The smallest absolute Gasteiger partial charge is 0.109 e. The van der Waals surface area contributed by atoms with E-state index in [1.165, 1.54) is 0 Å². The van der Waals surface area contributed by atoms with Crippen molar-refractivity contribution >= 4 is 11.0 Å². The van der Waals surface area contributed by atoms with Crippen molar-refractivity contribution in [2.24, 2.45) is 5.11 Å². The Balaban J connectivity index is 2.26. The lowest BCUT2D eigenvalue weighted by Gasteiger charge is -2.06. The molecule has 2 aromatic rings. The number of para-hydroxylation sites is 2. The predicted octanol–water partition coefficient (Wildman–Crippen LogP) is 3.30. The van der Waals surface area contributed by atoms with Crippen LogP contribution in [-0.2, 0) is 13.0 Å². The Morgan fingerprint density at radius 1 is 1.41 bits per heavy atom. The molecular weight excluding hydrogens is 214 g/mol. The first-order chi connectivity index (χ1) is 8.36. The summed E-state index contributed by atoms with van der Waals surface area (Å²) in [7, 11) is 0. The van der Waals surface area contributed by atoms with Crippen LogP contribution in [0, 0.1) is 0 Å². The largest absolute Gasteiger partial charge is 0.328 e. The highest BCUT2D eigenvalue weighted by Gasteiger charge is 2.07. The van der Waals surface area contributed by atoms with E-state index in [0.717, 1.165) is 36.2 Å². The van der Waals surface area contributed by atoms with Gasteiger partial charge in [0.05, 0.1) is 11.0 Å². The molecule has 0 atom stereocenters. The SMILES string of the molecule is CCc1nc2ccccc2n1CCCN=[N+]=[N-]. The molecule has 0 spiro atoms. The quantitative estimate of drug-likeness (QED) is 0.335. The topological polar surface area (TPSA) is 66.6 Å². The summed E-state index contributed by atoms with van der Waals surface area (Å²) in [6.07, 6.45) is 1.76. The Bertz CT molecular complexity index is 551. The number of imidazole rings is 1. The van der Waals surface area contributed by atoms with Crippen molar-refractivity contribution in [2.75, 3.05) is 6.54 Å². The lowest BCUT2D eigenvalue weighted by Crippen LogP contribution is -2.04. The molecule has 1 aromatic heterocycles. The molecule has 2 rings (SSSR count). The fourth-order valence-electron chi connectivity index (χ4n) is 1.99. The van der Waals surface area contributed by atoms with Gasteiger partial charge in [-0.3, -0.25) is 0 Å². The molecule has 0 aliphatic carbocycles. The molecule has 5 nitrogen and oxygen atoms in total. The summed E-state index contributed by atoms with van der Waals surface area (Å²) in [5.74, 6) is 1.09. The third-order valence-corrected chi connectivity index (χ3v) is 2.75. The second kappa shape index (κ2) is 5.37. The third kappa shape index (κ3) is 2.40. The van der Waals surface area contributed by atoms with Crippen molar-refractivity contribution < 1.29 is 0 Å². The highest BCUT2D eigenvalue weighted by atomic mass is 15.1. The van der Waals surface area contributed by atoms with Crippen molar-refractivity contribution in [1.29, 1.82) is 0 Å². The van der Waals surface area contributed by atoms with Crippen molar-refractivity contribution in [1.82, 2.24) is 9.55 Å². The minimum Gasteiger partial charge on any atom is -0.328 e. The first-order valence-corrected chi connectivity index (χ1v) is 5.81. The third-order valence-electron chi connectivity index (χ3n) is 2.75. The Hall–Kier alpha value is -2.00. The number of fused-ring (bicyclic) bond motifs is 1. The van der Waals surface area contributed by atoms with Crippen LogP contribution >= 0.6 is 0 Å². The van der Waals surface area contributed by atoms with E-state index in [1.54, 1.807) is 0 Å². The Morgan fingerprint density at radius 2 is 2.24 bits per heavy atom. The summed E-state index contributed by atoms with van der Waals surface area (Å²) >= 11 is 0. The first kappa shape index (κ1) is 11.5. The van der Waals surface area contributed by atoms with Crippen LogP contribution in [0.3, 0.4) is 0 Å². The van der Waals surface area contributed by atoms with Gasteiger partial charge in [0.1, 0.15) is 5.82 Å². The molecule has 88 valence electrons. The average molecular weight is 229 g/mol. The molecule has 1 aromatic carbocycles. The summed E-state index contributed by atoms with van der Waals surface area (Å²) in [4.78, 5) is 7.35. The molecule has 0 aliphatic heterocycles. The zero-order chi connectivity index (χ0) is 12.1. The fourth-order valence-corrected chi connectivity index (χ4v) is 1.99. The zero-order valence-corrected chi connectivity index (χ0v) is 9.87. The Morgan fingerprint density at radius 3 is 3.00 bits per heavy atom. The summed E-state index contributed by atoms with van der Waals surface area (Å²) < 4.78 is 2.21. The number of aryl methyl sites for hydroxylation is 2. The maximum Gasteiger partial charge on any atom is 0.109 e. The Kier molecular flexibility index (Phi) is 3.62. The van der Waals surface area contributed by atoms with E-state index in [9.17, 15) is 0 Å². The van der Waals surface area contributed by atoms with Gasteiger partial charge in [-0.15, -0.1) is 0 Å². The molecular formula is C12H15N5. The van der Waals surface area contributed by atoms with Gasteiger partial charge in [-0.05, 0) is 24.1 Å². The molecule has 0 bridgehead atoms. The highest BCUT2D eigenvalue weighted by molar-refractivity contribution is 5.75. The molecule has 0 radical (unpaired) electrons. The Labute approximate surface area is 99.7 Å². The van der Waals surface area contributed by atoms with Crippen molar-refractivity contribution in [3.05, 3.63) is 40.5 Å². The van der Waals surface area contributed by atoms with Gasteiger partial charge in [0.2, 0.25) is 0 Å². The van der Waals surface area contributed by atoms with Crippen LogP contribution in [0.2, 0.25) is 0 Å². The second-order valence-corrected chi connectivity index (χ2v) is 3.83. The molecule has 1 heterocycles. The molecule has 0 unspecified atom stereocenters. The van der Waals surface area contributed by atoms with Gasteiger partial charge in [-0.25, -0.2) is 4.98 Å². The number of hydrogen-bond acceptors (Lipinski definition) is 2. The van der Waals surface area contributed by atoms with Crippen molar-refractivity contribution in [3.63, 3.8) is 0 Å². The lowest BCUT2D eigenvalue weighted by atomic mass is 10.3. The highest BCUT2D eigenvalue weighted by Crippen LogP contribution is 2.16. The van der Waals surface area contributed by atoms with Crippen LogP contribution in [0.5, 0.6) is 0 Å². The van der Waals surface area contributed by atoms with E-state index >= 15 is 0 Å². The molecule has 17 heavy (non-hydrogen) atoms. The van der Waals surface area contributed by atoms with E-state index < -0.39 is 0 Å². The molecule has 0 N–H and O–H groups in total. The fraction of sp³-hybridized carbons (Fsp3) is 0.417. The summed E-state index contributed by atoms with van der Waals surface area (Å²) in [5.41, 5.74) is 10.4. The average Bonchev–Trinajstić information content (AvgIpc) is 2.73. The molecule has 0 amide bonds. The van der Waals surface area contributed by atoms with E-state index in [1.807, 2.05) is 18.2 Å². The van der Waals surface area contributed by atoms with Gasteiger partial charge < -0.3 is 4.57 Å². The van der Waals surface area contributed by atoms with Gasteiger partial charge in [0, 0.05) is 24.4 Å². The minimum atomic E-state index is 0.534. The second-order valence-electron chi connectivity index (χ2n) is 3.83. The van der Waals surface area contributed by atoms with Crippen molar-refractivity contribution in [2.45, 2.75) is 26.3 Å². The monoisotopic (exact) mass is 229 g/mol. The maximum absolute atomic E-state index is 8.24. The van der Waals surface area contributed by atoms with Gasteiger partial charge >= 0.3 is 0 Å². The standard InChI is InChI=1S/C12H15N5/c1-2-12-15-10-6-3-4-7-11(10)17(12)9-5-8-14-16-13/h3-4,6-7H,2,5,8-9H2,1H3. The maximum atomic E-state index is 8.24. The van der Waals surface area contributed by atoms with E-state index in [0.29, 0.717) is 6.54 Å². The number of benzene rings is 1. The molecule has 0 saturated heterocycles. The number of hydrogen-bond donors (Lipinski definition) is 0. The summed E-state index contributed by atoms with van der Waals surface area (Å²) in [6.45, 7) is 3.49. The number of nitrogens with zero attached hydrogens (tertiary/aromatic N) is 5. The normalized spacial score (nSPS) is 10.4. The summed E-state index contributed by atoms with van der Waals surface area (Å²) in [6, 6.07) is 8.12. The van der Waals surface area contributed by atoms with Crippen LogP contribution < -0.4 is 0 Å². The first-order valence-electron chi connectivity index (χ1n) is 5.81. The lowest BCUT2D eigenvalue weighted by molar-refractivity contribution is 0.635. The van der Waals surface area contributed by atoms with Crippen molar-refractivity contribution in [3.8, 4) is 0 Å². The van der Waals surface area contributed by atoms with Gasteiger partial charge in [0.25, 0.3) is 0 Å². The van der Waals surface area contributed by atoms with Crippen LogP contribution in [0.1, 0.15) is 19.2 Å². The zero-order valence-electron chi connectivity index (χ0n) is 9.87. The molecule has 0 aliphatic rings. The number of aromatic nitrogens is 2. The summed E-state index contributed by atoms with van der Waals surface area (Å²) in [5, 5.41) is 3.55. The van der Waals surface area contributed by atoms with Crippen LogP contribution in [0.25, 0.3) is 21.5 Å². The van der Waals surface area contributed by atoms with E-state index in [-0.39, 0.29) is 0 Å². The van der Waals surface area contributed by atoms with E-state index in [2.05, 4.69) is 32.6 Å². The van der Waals surface area contributed by atoms with E-state index in [4.69, 9.17) is 5.53 Å². The predicted molar refractivity (Wildman–Crippen MR) is 67.7 cm³/mol. The van der Waals surface area contributed by atoms with Gasteiger partial charge in [0.15, 0.2) is 0 Å². The van der Waals surface area contributed by atoms with Crippen LogP contribution in [0.15, 0.2) is 29.4 Å². The van der Waals surface area contributed by atoms with Crippen LogP contribution in [0.4, 0.5) is 0 Å². The molecule has 0 saturated carbocycles. The van der Waals surface area contributed by atoms with Crippen LogP contribution in [-0.4, -0.2) is 16.1 Å². The molecule has 0 fully saturated rings. The molecule has 5 heteroatoms.